The molecule has 0 aromatic rings. The maximum atomic E-state index is 9.70. The first-order valence-electron chi connectivity index (χ1n) is 7.07. The van der Waals surface area contributed by atoms with Crippen LogP contribution in [-0.2, 0) is 0 Å². The van der Waals surface area contributed by atoms with E-state index in [0.717, 1.165) is 44.9 Å². The zero-order valence-electron chi connectivity index (χ0n) is 10.7. The molecule has 0 bridgehead atoms. The molecule has 2 N–H and O–H groups in total. The van der Waals surface area contributed by atoms with Gasteiger partial charge in [0, 0.05) is 0 Å². The van der Waals surface area contributed by atoms with Crippen molar-refractivity contribution < 1.29 is 0 Å². The summed E-state index contributed by atoms with van der Waals surface area (Å²) in [6.07, 6.45) is 8.22. The molecule has 0 aromatic carbocycles. The fourth-order valence-electron chi connectivity index (χ4n) is 4.65. The molecule has 3 aliphatic rings. The lowest BCUT2D eigenvalue weighted by Gasteiger charge is -2.56. The Labute approximate surface area is 108 Å². The standard InChI is InChI=1S/C14H20N4/c15-9-13-6-2-1-4-11(13)8-12-5-3-7-14(12,10-16)18(13)17/h11-12H,1-8,17H2/t11-,12+,13+,14-/m0/s1. The molecular formula is C14H20N4. The van der Waals surface area contributed by atoms with Gasteiger partial charge in [-0.15, -0.1) is 0 Å². The predicted octanol–water partition coefficient (Wildman–Crippen LogP) is 2.08. The van der Waals surface area contributed by atoms with E-state index >= 15 is 0 Å². The van der Waals surface area contributed by atoms with E-state index in [0.29, 0.717) is 11.8 Å². The second-order valence-electron chi connectivity index (χ2n) is 6.21. The van der Waals surface area contributed by atoms with Gasteiger partial charge in [-0.1, -0.05) is 19.3 Å². The van der Waals surface area contributed by atoms with Crippen LogP contribution in [0, 0.1) is 34.5 Å². The minimum atomic E-state index is -0.575. The van der Waals surface area contributed by atoms with Crippen molar-refractivity contribution >= 4 is 0 Å². The second kappa shape index (κ2) is 3.95. The Balaban J connectivity index is 2.05. The van der Waals surface area contributed by atoms with Gasteiger partial charge in [-0.2, -0.15) is 10.5 Å². The van der Waals surface area contributed by atoms with Crippen LogP contribution in [0.1, 0.15) is 51.4 Å². The van der Waals surface area contributed by atoms with Crippen molar-refractivity contribution in [1.82, 2.24) is 5.01 Å². The van der Waals surface area contributed by atoms with Gasteiger partial charge in [0.1, 0.15) is 11.1 Å². The number of fused-ring (bicyclic) bond motifs is 2. The molecule has 2 aliphatic carbocycles. The highest BCUT2D eigenvalue weighted by Gasteiger charge is 2.62. The average molecular weight is 244 g/mol. The number of nitriles is 2. The molecule has 0 aromatic heterocycles. The van der Waals surface area contributed by atoms with E-state index in [2.05, 4.69) is 12.1 Å². The van der Waals surface area contributed by atoms with Crippen molar-refractivity contribution in [1.29, 1.82) is 10.5 Å². The van der Waals surface area contributed by atoms with Crippen molar-refractivity contribution in [2.75, 3.05) is 0 Å². The Morgan fingerprint density at radius 2 is 1.50 bits per heavy atom. The molecule has 4 atom stereocenters. The first-order chi connectivity index (χ1) is 8.69. The zero-order valence-corrected chi connectivity index (χ0v) is 10.7. The van der Waals surface area contributed by atoms with Gasteiger partial charge in [0.05, 0.1) is 12.1 Å². The van der Waals surface area contributed by atoms with E-state index in [9.17, 15) is 10.5 Å². The SMILES string of the molecule is N#C[C@]12CCCC[C@H]1C[C@H]1CCC[C@@]1(C#N)N2N. The molecule has 1 heterocycles. The quantitative estimate of drug-likeness (QED) is 0.662. The Morgan fingerprint density at radius 3 is 2.11 bits per heavy atom. The number of rotatable bonds is 0. The molecule has 0 radical (unpaired) electrons. The molecule has 0 unspecified atom stereocenters. The summed E-state index contributed by atoms with van der Waals surface area (Å²) in [7, 11) is 0. The predicted molar refractivity (Wildman–Crippen MR) is 66.6 cm³/mol. The molecular weight excluding hydrogens is 224 g/mol. The fourth-order valence-corrected chi connectivity index (χ4v) is 4.65. The van der Waals surface area contributed by atoms with Crippen LogP contribution in [-0.4, -0.2) is 16.1 Å². The molecule has 3 rings (SSSR count). The van der Waals surface area contributed by atoms with E-state index in [1.54, 1.807) is 5.01 Å². The third-order valence-corrected chi connectivity index (χ3v) is 5.64. The Kier molecular flexibility index (Phi) is 2.62. The molecule has 2 saturated carbocycles. The molecule has 18 heavy (non-hydrogen) atoms. The highest BCUT2D eigenvalue weighted by atomic mass is 15.5. The molecule has 4 heteroatoms. The third-order valence-electron chi connectivity index (χ3n) is 5.64. The van der Waals surface area contributed by atoms with E-state index < -0.39 is 11.1 Å². The number of nitrogens with zero attached hydrogens (tertiary/aromatic N) is 3. The van der Waals surface area contributed by atoms with Crippen molar-refractivity contribution in [2.45, 2.75) is 62.4 Å². The smallest absolute Gasteiger partial charge is 0.126 e. The average Bonchev–Trinajstić information content (AvgIpc) is 2.83. The monoisotopic (exact) mass is 244 g/mol. The van der Waals surface area contributed by atoms with Crippen molar-refractivity contribution in [3.8, 4) is 12.1 Å². The summed E-state index contributed by atoms with van der Waals surface area (Å²) >= 11 is 0. The van der Waals surface area contributed by atoms with Crippen LogP contribution in [0.4, 0.5) is 0 Å². The number of nitrogens with two attached hydrogens (primary N) is 1. The summed E-state index contributed by atoms with van der Waals surface area (Å²) in [4.78, 5) is 0. The number of hydrogen-bond acceptors (Lipinski definition) is 4. The van der Waals surface area contributed by atoms with Crippen LogP contribution >= 0.6 is 0 Å². The zero-order chi connectivity index (χ0) is 12.8. The van der Waals surface area contributed by atoms with Crippen LogP contribution in [0.25, 0.3) is 0 Å². The summed E-state index contributed by atoms with van der Waals surface area (Å²) in [5.41, 5.74) is -1.14. The summed E-state index contributed by atoms with van der Waals surface area (Å²) < 4.78 is 0. The molecule has 1 saturated heterocycles. The van der Waals surface area contributed by atoms with Crippen LogP contribution in [0.2, 0.25) is 0 Å². The molecule has 3 fully saturated rings. The lowest BCUT2D eigenvalue weighted by molar-refractivity contribution is -0.0864. The van der Waals surface area contributed by atoms with Crippen molar-refractivity contribution in [2.24, 2.45) is 17.7 Å². The Bertz CT molecular complexity index is 434. The summed E-state index contributed by atoms with van der Waals surface area (Å²) in [6, 6.07) is 4.96. The van der Waals surface area contributed by atoms with Gasteiger partial charge in [0.25, 0.3) is 0 Å². The van der Waals surface area contributed by atoms with Crippen molar-refractivity contribution in [3.63, 3.8) is 0 Å². The minimum Gasteiger partial charge on any atom is -0.266 e. The van der Waals surface area contributed by atoms with Gasteiger partial charge in [0.15, 0.2) is 0 Å². The number of hydrazine groups is 1. The molecule has 0 spiro atoms. The van der Waals surface area contributed by atoms with E-state index in [4.69, 9.17) is 5.84 Å². The maximum absolute atomic E-state index is 9.70. The van der Waals surface area contributed by atoms with Crippen LogP contribution in [0.5, 0.6) is 0 Å². The van der Waals surface area contributed by atoms with Crippen LogP contribution < -0.4 is 5.84 Å². The number of piperidine rings is 1. The second-order valence-corrected chi connectivity index (χ2v) is 6.21. The molecule has 4 nitrogen and oxygen atoms in total. The van der Waals surface area contributed by atoms with Crippen LogP contribution in [0.3, 0.4) is 0 Å². The van der Waals surface area contributed by atoms with Gasteiger partial charge < -0.3 is 0 Å². The largest absolute Gasteiger partial charge is 0.266 e. The van der Waals surface area contributed by atoms with Gasteiger partial charge in [0.2, 0.25) is 0 Å². The van der Waals surface area contributed by atoms with E-state index in [1.165, 1.54) is 6.42 Å². The lowest BCUT2D eigenvalue weighted by atomic mass is 9.62. The maximum Gasteiger partial charge on any atom is 0.126 e. The topological polar surface area (TPSA) is 76.8 Å². The first kappa shape index (κ1) is 12.0. The third kappa shape index (κ3) is 1.25. The fraction of sp³-hybridized carbons (Fsp3) is 0.857. The van der Waals surface area contributed by atoms with Gasteiger partial charge in [-0.25, -0.2) is 5.01 Å². The van der Waals surface area contributed by atoms with E-state index in [1.807, 2.05) is 0 Å². The molecule has 96 valence electrons. The highest BCUT2D eigenvalue weighted by molar-refractivity contribution is 5.26. The van der Waals surface area contributed by atoms with Gasteiger partial charge in [-0.3, -0.25) is 5.84 Å². The Morgan fingerprint density at radius 1 is 0.944 bits per heavy atom. The summed E-state index contributed by atoms with van der Waals surface area (Å²) in [5, 5.41) is 21.0. The van der Waals surface area contributed by atoms with Crippen LogP contribution in [0.15, 0.2) is 0 Å². The Hall–Kier alpha value is -1.10. The summed E-state index contributed by atoms with van der Waals surface area (Å²) in [5.74, 6) is 7.09. The number of hydrogen-bond donors (Lipinski definition) is 1. The first-order valence-corrected chi connectivity index (χ1v) is 7.07. The van der Waals surface area contributed by atoms with Gasteiger partial charge >= 0.3 is 0 Å². The summed E-state index contributed by atoms with van der Waals surface area (Å²) in [6.45, 7) is 0. The normalized spacial score (nSPS) is 47.7. The van der Waals surface area contributed by atoms with Crippen molar-refractivity contribution in [3.05, 3.63) is 0 Å². The molecule has 0 amide bonds. The highest BCUT2D eigenvalue weighted by Crippen LogP contribution is 2.55. The lowest BCUT2D eigenvalue weighted by Crippen LogP contribution is -2.71. The van der Waals surface area contributed by atoms with Gasteiger partial charge in [-0.05, 0) is 43.9 Å². The minimum absolute atomic E-state index is 0.367. The van der Waals surface area contributed by atoms with E-state index in [-0.39, 0.29) is 0 Å². The molecule has 1 aliphatic heterocycles.